The minimum absolute atomic E-state index is 0.125. The van der Waals surface area contributed by atoms with E-state index < -0.39 is 0 Å². The van der Waals surface area contributed by atoms with E-state index >= 15 is 0 Å². The van der Waals surface area contributed by atoms with Crippen LogP contribution >= 0.6 is 11.6 Å². The normalized spacial score (nSPS) is 10.7. The Kier molecular flexibility index (Phi) is 5.01. The molecule has 0 atom stereocenters. The van der Waals surface area contributed by atoms with Crippen molar-refractivity contribution in [3.8, 4) is 11.4 Å². The van der Waals surface area contributed by atoms with Crippen LogP contribution in [0.25, 0.3) is 22.4 Å². The molecule has 0 bridgehead atoms. The second-order valence-electron chi connectivity index (χ2n) is 6.54. The molecule has 3 aromatic carbocycles. The van der Waals surface area contributed by atoms with Gasteiger partial charge in [0.05, 0.1) is 11.0 Å². The number of hydrogen-bond donors (Lipinski definition) is 3. The molecule has 6 nitrogen and oxygen atoms in total. The molecule has 29 heavy (non-hydrogen) atoms. The lowest BCUT2D eigenvalue weighted by Crippen LogP contribution is -2.11. The van der Waals surface area contributed by atoms with Gasteiger partial charge in [0, 0.05) is 34.4 Å². The molecule has 7 heteroatoms. The fourth-order valence-electron chi connectivity index (χ4n) is 2.94. The molecular weight excluding hydrogens is 388 g/mol. The van der Waals surface area contributed by atoms with Crippen LogP contribution in [-0.2, 0) is 4.79 Å². The van der Waals surface area contributed by atoms with Crippen LogP contribution in [0, 0.1) is 0 Å². The maximum Gasteiger partial charge on any atom is 0.255 e. The lowest BCUT2D eigenvalue weighted by molar-refractivity contribution is -0.114. The van der Waals surface area contributed by atoms with E-state index in [4.69, 9.17) is 11.6 Å². The molecule has 0 unspecified atom stereocenters. The van der Waals surface area contributed by atoms with Gasteiger partial charge in [-0.2, -0.15) is 0 Å². The number of aromatic nitrogens is 2. The van der Waals surface area contributed by atoms with E-state index in [1.54, 1.807) is 24.3 Å². The second kappa shape index (κ2) is 7.77. The first-order chi connectivity index (χ1) is 14.0. The standard InChI is InChI=1S/C22H17ClN4O2/c1-13(28)24-18-10-11-19-20(12-18)27-21(26-19)14-4-8-17(9-5-14)25-22(29)15-2-6-16(23)7-3-15/h2-12H,1H3,(H,24,28)(H,25,29)(H,26,27). The molecule has 2 amide bonds. The Morgan fingerprint density at radius 1 is 0.897 bits per heavy atom. The Morgan fingerprint density at radius 2 is 1.59 bits per heavy atom. The van der Waals surface area contributed by atoms with Crippen molar-refractivity contribution >= 4 is 45.8 Å². The SMILES string of the molecule is CC(=O)Nc1ccc2nc(-c3ccc(NC(=O)c4ccc(Cl)cc4)cc3)[nH]c2c1. The number of nitrogens with zero attached hydrogens (tertiary/aromatic N) is 1. The second-order valence-corrected chi connectivity index (χ2v) is 6.97. The monoisotopic (exact) mass is 404 g/mol. The van der Waals surface area contributed by atoms with Crippen LogP contribution in [0.5, 0.6) is 0 Å². The van der Waals surface area contributed by atoms with E-state index in [2.05, 4.69) is 20.6 Å². The first kappa shape index (κ1) is 18.7. The summed E-state index contributed by atoms with van der Waals surface area (Å²) >= 11 is 5.85. The van der Waals surface area contributed by atoms with Gasteiger partial charge >= 0.3 is 0 Å². The number of carbonyl (C=O) groups excluding carboxylic acids is 2. The highest BCUT2D eigenvalue weighted by atomic mass is 35.5. The van der Waals surface area contributed by atoms with Crippen LogP contribution in [0.1, 0.15) is 17.3 Å². The summed E-state index contributed by atoms with van der Waals surface area (Å²) in [4.78, 5) is 31.4. The number of carbonyl (C=O) groups is 2. The molecule has 1 heterocycles. The van der Waals surface area contributed by atoms with Crippen molar-refractivity contribution in [1.29, 1.82) is 0 Å². The fraction of sp³-hybridized carbons (Fsp3) is 0.0455. The van der Waals surface area contributed by atoms with Crippen molar-refractivity contribution in [2.24, 2.45) is 0 Å². The van der Waals surface area contributed by atoms with Gasteiger partial charge in [0.1, 0.15) is 5.82 Å². The Bertz CT molecular complexity index is 1200. The van der Waals surface area contributed by atoms with Crippen molar-refractivity contribution in [2.45, 2.75) is 6.92 Å². The van der Waals surface area contributed by atoms with Crippen molar-refractivity contribution in [3.05, 3.63) is 77.3 Å². The zero-order valence-corrected chi connectivity index (χ0v) is 16.2. The van der Waals surface area contributed by atoms with E-state index in [9.17, 15) is 9.59 Å². The Balaban J connectivity index is 1.52. The molecule has 1 aromatic heterocycles. The van der Waals surface area contributed by atoms with Gasteiger partial charge < -0.3 is 15.6 Å². The molecular formula is C22H17ClN4O2. The third-order valence-electron chi connectivity index (χ3n) is 4.32. The summed E-state index contributed by atoms with van der Waals surface area (Å²) < 4.78 is 0. The number of amides is 2. The van der Waals surface area contributed by atoms with Crippen molar-refractivity contribution < 1.29 is 9.59 Å². The number of aromatic amines is 1. The number of anilines is 2. The molecule has 144 valence electrons. The van der Waals surface area contributed by atoms with Gasteiger partial charge in [0.15, 0.2) is 0 Å². The Labute approximate surface area is 171 Å². The van der Waals surface area contributed by atoms with Gasteiger partial charge in [-0.25, -0.2) is 4.98 Å². The van der Waals surface area contributed by atoms with Gasteiger partial charge in [0.2, 0.25) is 5.91 Å². The van der Waals surface area contributed by atoms with Gasteiger partial charge in [-0.3, -0.25) is 9.59 Å². The highest BCUT2D eigenvalue weighted by Gasteiger charge is 2.09. The summed E-state index contributed by atoms with van der Waals surface area (Å²) in [6.45, 7) is 1.47. The van der Waals surface area contributed by atoms with E-state index in [0.717, 1.165) is 16.6 Å². The maximum absolute atomic E-state index is 12.3. The van der Waals surface area contributed by atoms with Crippen LogP contribution in [0.3, 0.4) is 0 Å². The number of hydrogen-bond acceptors (Lipinski definition) is 3. The molecule has 4 aromatic rings. The highest BCUT2D eigenvalue weighted by molar-refractivity contribution is 6.30. The summed E-state index contributed by atoms with van der Waals surface area (Å²) in [7, 11) is 0. The minimum Gasteiger partial charge on any atom is -0.338 e. The Hall–Kier alpha value is -3.64. The molecule has 0 aliphatic carbocycles. The van der Waals surface area contributed by atoms with Crippen LogP contribution in [0.4, 0.5) is 11.4 Å². The Morgan fingerprint density at radius 3 is 2.28 bits per heavy atom. The average Bonchev–Trinajstić information content (AvgIpc) is 3.12. The molecule has 0 spiro atoms. The van der Waals surface area contributed by atoms with E-state index in [-0.39, 0.29) is 11.8 Å². The van der Waals surface area contributed by atoms with Gasteiger partial charge in [-0.15, -0.1) is 0 Å². The van der Waals surface area contributed by atoms with E-state index in [1.165, 1.54) is 6.92 Å². The summed E-state index contributed by atoms with van der Waals surface area (Å²) in [6, 6.07) is 19.6. The predicted octanol–water partition coefficient (Wildman–Crippen LogP) is 5.09. The number of rotatable bonds is 4. The number of halogens is 1. The zero-order chi connectivity index (χ0) is 20.4. The van der Waals surface area contributed by atoms with Gasteiger partial charge in [0.25, 0.3) is 5.91 Å². The highest BCUT2D eigenvalue weighted by Crippen LogP contribution is 2.24. The van der Waals surface area contributed by atoms with E-state index in [1.807, 2.05) is 42.5 Å². The average molecular weight is 405 g/mol. The number of benzene rings is 3. The first-order valence-electron chi connectivity index (χ1n) is 8.93. The third kappa shape index (κ3) is 4.28. The number of H-pyrrole nitrogens is 1. The van der Waals surface area contributed by atoms with E-state index in [0.29, 0.717) is 27.8 Å². The van der Waals surface area contributed by atoms with Gasteiger partial charge in [-0.1, -0.05) is 11.6 Å². The quantitative estimate of drug-likeness (QED) is 0.442. The van der Waals surface area contributed by atoms with Crippen LogP contribution in [0.15, 0.2) is 66.7 Å². The molecule has 0 saturated carbocycles. The van der Waals surface area contributed by atoms with Crippen molar-refractivity contribution in [2.75, 3.05) is 10.6 Å². The number of nitrogens with one attached hydrogen (secondary N) is 3. The van der Waals surface area contributed by atoms with Crippen LogP contribution in [0.2, 0.25) is 5.02 Å². The smallest absolute Gasteiger partial charge is 0.255 e. The van der Waals surface area contributed by atoms with Gasteiger partial charge in [-0.05, 0) is 66.7 Å². The van der Waals surface area contributed by atoms with Crippen molar-refractivity contribution in [1.82, 2.24) is 9.97 Å². The third-order valence-corrected chi connectivity index (χ3v) is 4.58. The first-order valence-corrected chi connectivity index (χ1v) is 9.30. The van der Waals surface area contributed by atoms with Crippen LogP contribution < -0.4 is 10.6 Å². The largest absolute Gasteiger partial charge is 0.338 e. The molecule has 0 radical (unpaired) electrons. The van der Waals surface area contributed by atoms with Crippen molar-refractivity contribution in [3.63, 3.8) is 0 Å². The summed E-state index contributed by atoms with van der Waals surface area (Å²) in [6.07, 6.45) is 0. The number of imidazole rings is 1. The topological polar surface area (TPSA) is 86.9 Å². The lowest BCUT2D eigenvalue weighted by Gasteiger charge is -2.06. The summed E-state index contributed by atoms with van der Waals surface area (Å²) in [5.74, 6) is 0.375. The lowest BCUT2D eigenvalue weighted by atomic mass is 10.1. The minimum atomic E-state index is -0.205. The number of fused-ring (bicyclic) bond motifs is 1. The summed E-state index contributed by atoms with van der Waals surface area (Å²) in [5.41, 5.74) is 4.43. The molecule has 4 rings (SSSR count). The summed E-state index contributed by atoms with van der Waals surface area (Å²) in [5, 5.41) is 6.19. The molecule has 3 N–H and O–H groups in total. The molecule has 0 aliphatic heterocycles. The molecule has 0 saturated heterocycles. The fourth-order valence-corrected chi connectivity index (χ4v) is 3.07. The van der Waals surface area contributed by atoms with Crippen LogP contribution in [-0.4, -0.2) is 21.8 Å². The molecule has 0 aliphatic rings. The predicted molar refractivity (Wildman–Crippen MR) is 115 cm³/mol. The molecule has 0 fully saturated rings. The zero-order valence-electron chi connectivity index (χ0n) is 15.5. The maximum atomic E-state index is 12.3.